The number of carbonyl (C=O) groups is 1. The van der Waals surface area contributed by atoms with Crippen molar-refractivity contribution >= 4 is 5.91 Å². The first kappa shape index (κ1) is 12.0. The van der Waals surface area contributed by atoms with E-state index in [1.165, 1.54) is 0 Å². The Bertz CT molecular complexity index is 380. The van der Waals surface area contributed by atoms with Gasteiger partial charge in [0.25, 0.3) is 0 Å². The SMILES string of the molecule is C[C@@H](NC(=O)C1CCC(N)C1)c1ccncc1. The minimum atomic E-state index is 0.0299. The number of pyridine rings is 1. The van der Waals surface area contributed by atoms with Crippen LogP contribution in [-0.2, 0) is 4.79 Å². The van der Waals surface area contributed by atoms with Crippen molar-refractivity contribution < 1.29 is 4.79 Å². The number of amides is 1. The van der Waals surface area contributed by atoms with Crippen molar-refractivity contribution in [1.29, 1.82) is 0 Å². The van der Waals surface area contributed by atoms with Crippen LogP contribution in [0.2, 0.25) is 0 Å². The predicted octanol–water partition coefficient (Wildman–Crippen LogP) is 1.39. The van der Waals surface area contributed by atoms with Crippen LogP contribution >= 0.6 is 0 Å². The minimum Gasteiger partial charge on any atom is -0.349 e. The predicted molar refractivity (Wildman–Crippen MR) is 66.1 cm³/mol. The molecule has 92 valence electrons. The highest BCUT2D eigenvalue weighted by atomic mass is 16.1. The summed E-state index contributed by atoms with van der Waals surface area (Å²) in [7, 11) is 0. The molecule has 1 aliphatic carbocycles. The van der Waals surface area contributed by atoms with E-state index in [0.717, 1.165) is 24.8 Å². The van der Waals surface area contributed by atoms with Crippen molar-refractivity contribution in [2.24, 2.45) is 11.7 Å². The van der Waals surface area contributed by atoms with Crippen molar-refractivity contribution in [2.45, 2.75) is 38.3 Å². The van der Waals surface area contributed by atoms with Crippen LogP contribution in [0.1, 0.15) is 37.8 Å². The molecule has 3 atom stereocenters. The van der Waals surface area contributed by atoms with Crippen LogP contribution in [0, 0.1) is 5.92 Å². The zero-order valence-electron chi connectivity index (χ0n) is 10.1. The molecule has 1 amide bonds. The fourth-order valence-electron chi connectivity index (χ4n) is 2.32. The largest absolute Gasteiger partial charge is 0.349 e. The van der Waals surface area contributed by atoms with Gasteiger partial charge in [-0.2, -0.15) is 0 Å². The monoisotopic (exact) mass is 233 g/mol. The maximum atomic E-state index is 12.0. The van der Waals surface area contributed by atoms with Crippen LogP contribution in [0.25, 0.3) is 0 Å². The fraction of sp³-hybridized carbons (Fsp3) is 0.538. The molecule has 1 fully saturated rings. The zero-order valence-corrected chi connectivity index (χ0v) is 10.1. The van der Waals surface area contributed by atoms with E-state index in [1.54, 1.807) is 12.4 Å². The molecule has 2 unspecified atom stereocenters. The Morgan fingerprint density at radius 3 is 2.76 bits per heavy atom. The first-order valence-corrected chi connectivity index (χ1v) is 6.12. The molecular weight excluding hydrogens is 214 g/mol. The minimum absolute atomic E-state index is 0.0299. The molecule has 4 nitrogen and oxygen atoms in total. The van der Waals surface area contributed by atoms with E-state index in [4.69, 9.17) is 5.73 Å². The summed E-state index contributed by atoms with van der Waals surface area (Å²) in [5, 5.41) is 3.04. The number of nitrogens with two attached hydrogens (primary N) is 1. The summed E-state index contributed by atoms with van der Waals surface area (Å²) in [6.45, 7) is 1.99. The van der Waals surface area contributed by atoms with Gasteiger partial charge in [-0.25, -0.2) is 0 Å². The Hall–Kier alpha value is -1.42. The maximum absolute atomic E-state index is 12.0. The Labute approximate surface area is 102 Å². The first-order valence-electron chi connectivity index (χ1n) is 6.12. The fourth-order valence-corrected chi connectivity index (χ4v) is 2.32. The Morgan fingerprint density at radius 2 is 2.18 bits per heavy atom. The van der Waals surface area contributed by atoms with Gasteiger partial charge in [0.1, 0.15) is 0 Å². The molecule has 3 N–H and O–H groups in total. The first-order chi connectivity index (χ1) is 8.16. The molecule has 0 aromatic carbocycles. The summed E-state index contributed by atoms with van der Waals surface area (Å²) >= 11 is 0. The van der Waals surface area contributed by atoms with Gasteiger partial charge in [-0.1, -0.05) is 0 Å². The van der Waals surface area contributed by atoms with E-state index in [-0.39, 0.29) is 23.9 Å². The number of hydrogen-bond acceptors (Lipinski definition) is 3. The highest BCUT2D eigenvalue weighted by molar-refractivity contribution is 5.79. The maximum Gasteiger partial charge on any atom is 0.223 e. The van der Waals surface area contributed by atoms with Crippen molar-refractivity contribution in [3.05, 3.63) is 30.1 Å². The van der Waals surface area contributed by atoms with Gasteiger partial charge in [-0.05, 0) is 43.9 Å². The molecule has 1 aliphatic rings. The highest BCUT2D eigenvalue weighted by Gasteiger charge is 2.28. The summed E-state index contributed by atoms with van der Waals surface area (Å²) in [6.07, 6.45) is 6.17. The third kappa shape index (κ3) is 3.03. The molecule has 1 aromatic heterocycles. The Morgan fingerprint density at radius 1 is 1.47 bits per heavy atom. The van der Waals surface area contributed by atoms with Gasteiger partial charge in [0.2, 0.25) is 5.91 Å². The second-order valence-electron chi connectivity index (χ2n) is 4.78. The van der Waals surface area contributed by atoms with Crippen molar-refractivity contribution in [3.8, 4) is 0 Å². The van der Waals surface area contributed by atoms with Crippen LogP contribution in [-0.4, -0.2) is 16.9 Å². The van der Waals surface area contributed by atoms with Gasteiger partial charge in [0.05, 0.1) is 6.04 Å². The van der Waals surface area contributed by atoms with Crippen LogP contribution in [0.15, 0.2) is 24.5 Å². The lowest BCUT2D eigenvalue weighted by Crippen LogP contribution is -2.32. The number of nitrogens with one attached hydrogen (secondary N) is 1. The Balaban J connectivity index is 1.91. The lowest BCUT2D eigenvalue weighted by atomic mass is 10.1. The normalized spacial score (nSPS) is 25.5. The van der Waals surface area contributed by atoms with E-state index >= 15 is 0 Å². The number of nitrogens with zero attached hydrogens (tertiary/aromatic N) is 1. The van der Waals surface area contributed by atoms with E-state index in [2.05, 4.69) is 10.3 Å². The average molecular weight is 233 g/mol. The third-order valence-corrected chi connectivity index (χ3v) is 3.41. The molecule has 17 heavy (non-hydrogen) atoms. The lowest BCUT2D eigenvalue weighted by Gasteiger charge is -2.17. The highest BCUT2D eigenvalue weighted by Crippen LogP contribution is 2.25. The summed E-state index contributed by atoms with van der Waals surface area (Å²) < 4.78 is 0. The van der Waals surface area contributed by atoms with E-state index < -0.39 is 0 Å². The van der Waals surface area contributed by atoms with E-state index in [1.807, 2.05) is 19.1 Å². The molecule has 1 heterocycles. The standard InChI is InChI=1S/C13H19N3O/c1-9(10-4-6-15-7-5-10)16-13(17)11-2-3-12(14)8-11/h4-7,9,11-12H,2-3,8,14H2,1H3,(H,16,17)/t9-,11?,12?/m1/s1. The molecule has 4 heteroatoms. The summed E-state index contributed by atoms with van der Waals surface area (Å²) in [4.78, 5) is 16.0. The molecule has 0 saturated heterocycles. The van der Waals surface area contributed by atoms with E-state index in [9.17, 15) is 4.79 Å². The molecule has 1 saturated carbocycles. The van der Waals surface area contributed by atoms with Gasteiger partial charge in [-0.3, -0.25) is 9.78 Å². The number of aromatic nitrogens is 1. The van der Waals surface area contributed by atoms with E-state index in [0.29, 0.717) is 0 Å². The molecule has 0 aliphatic heterocycles. The lowest BCUT2D eigenvalue weighted by molar-refractivity contribution is -0.125. The number of carbonyl (C=O) groups excluding carboxylic acids is 1. The van der Waals surface area contributed by atoms with Crippen molar-refractivity contribution in [1.82, 2.24) is 10.3 Å². The summed E-state index contributed by atoms with van der Waals surface area (Å²) in [5.74, 6) is 0.219. The van der Waals surface area contributed by atoms with Gasteiger partial charge in [0.15, 0.2) is 0 Å². The average Bonchev–Trinajstić information content (AvgIpc) is 2.77. The van der Waals surface area contributed by atoms with Crippen LogP contribution in [0.4, 0.5) is 0 Å². The zero-order chi connectivity index (χ0) is 12.3. The van der Waals surface area contributed by atoms with Gasteiger partial charge in [0, 0.05) is 24.4 Å². The van der Waals surface area contributed by atoms with Gasteiger partial charge < -0.3 is 11.1 Å². The quantitative estimate of drug-likeness (QED) is 0.829. The van der Waals surface area contributed by atoms with Gasteiger partial charge in [-0.15, -0.1) is 0 Å². The molecule has 0 bridgehead atoms. The molecule has 2 rings (SSSR count). The molecule has 0 spiro atoms. The molecule has 1 aromatic rings. The van der Waals surface area contributed by atoms with Crippen LogP contribution in [0.3, 0.4) is 0 Å². The molecular formula is C13H19N3O. The number of rotatable bonds is 3. The summed E-state index contributed by atoms with van der Waals surface area (Å²) in [5.41, 5.74) is 6.90. The smallest absolute Gasteiger partial charge is 0.223 e. The van der Waals surface area contributed by atoms with Crippen LogP contribution in [0.5, 0.6) is 0 Å². The second kappa shape index (κ2) is 5.27. The van der Waals surface area contributed by atoms with Gasteiger partial charge >= 0.3 is 0 Å². The number of hydrogen-bond donors (Lipinski definition) is 2. The Kier molecular flexibility index (Phi) is 3.74. The van der Waals surface area contributed by atoms with Crippen molar-refractivity contribution in [2.75, 3.05) is 0 Å². The third-order valence-electron chi connectivity index (χ3n) is 3.41. The summed E-state index contributed by atoms with van der Waals surface area (Å²) in [6, 6.07) is 4.07. The topological polar surface area (TPSA) is 68.0 Å². The second-order valence-corrected chi connectivity index (χ2v) is 4.78. The molecule has 0 radical (unpaired) electrons. The van der Waals surface area contributed by atoms with Crippen LogP contribution < -0.4 is 11.1 Å². The van der Waals surface area contributed by atoms with Crippen molar-refractivity contribution in [3.63, 3.8) is 0 Å².